The number of nitrogens with two attached hydrogens (primary N) is 1. The molecule has 2 nitrogen and oxygen atoms in total. The first-order valence-electron chi connectivity index (χ1n) is 5.74. The van der Waals surface area contributed by atoms with Crippen molar-refractivity contribution >= 4 is 0 Å². The lowest BCUT2D eigenvalue weighted by Gasteiger charge is -2.15. The predicted octanol–water partition coefficient (Wildman–Crippen LogP) is 4.10. The molecule has 0 radical (unpaired) electrons. The fraction of sp³-hybridized carbons (Fsp3) is 0.143. The maximum Gasteiger partial charge on any atom is 0.419 e. The molecule has 0 aliphatic rings. The first-order valence-corrected chi connectivity index (χ1v) is 5.74. The van der Waals surface area contributed by atoms with Crippen molar-refractivity contribution in [1.29, 1.82) is 0 Å². The Morgan fingerprint density at radius 2 is 1.70 bits per heavy atom. The van der Waals surface area contributed by atoms with Gasteiger partial charge in [0.15, 0.2) is 11.6 Å². The van der Waals surface area contributed by atoms with Crippen LogP contribution in [0, 0.1) is 5.82 Å². The summed E-state index contributed by atoms with van der Waals surface area (Å²) in [6.45, 7) is -0.0247. The Bertz CT molecular complexity index is 610. The molecule has 0 heterocycles. The van der Waals surface area contributed by atoms with Crippen LogP contribution >= 0.6 is 0 Å². The summed E-state index contributed by atoms with van der Waals surface area (Å²) in [6, 6.07) is 8.70. The molecule has 6 heteroatoms. The molecule has 2 aromatic rings. The largest absolute Gasteiger partial charge is 0.454 e. The normalized spacial score (nSPS) is 11.4. The molecule has 106 valence electrons. The van der Waals surface area contributed by atoms with Crippen LogP contribution in [0.4, 0.5) is 17.6 Å². The van der Waals surface area contributed by atoms with Gasteiger partial charge in [0.1, 0.15) is 5.75 Å². The van der Waals surface area contributed by atoms with Crippen molar-refractivity contribution in [3.63, 3.8) is 0 Å². The van der Waals surface area contributed by atoms with E-state index in [0.717, 1.165) is 18.2 Å². The SMILES string of the molecule is NCc1ccc(Oc2ccccc2F)c(C(F)(F)F)c1. The first-order chi connectivity index (χ1) is 9.41. The molecule has 0 saturated carbocycles. The summed E-state index contributed by atoms with van der Waals surface area (Å²) in [4.78, 5) is 0. The number of ether oxygens (including phenoxy) is 1. The minimum absolute atomic E-state index is 0.0247. The minimum Gasteiger partial charge on any atom is -0.454 e. The van der Waals surface area contributed by atoms with Crippen molar-refractivity contribution in [2.75, 3.05) is 0 Å². The van der Waals surface area contributed by atoms with Gasteiger partial charge in [0, 0.05) is 6.54 Å². The molecule has 20 heavy (non-hydrogen) atoms. The Kier molecular flexibility index (Phi) is 3.94. The number of hydrogen-bond donors (Lipinski definition) is 1. The molecule has 0 fully saturated rings. The number of halogens is 4. The number of benzene rings is 2. The van der Waals surface area contributed by atoms with Gasteiger partial charge < -0.3 is 10.5 Å². The zero-order chi connectivity index (χ0) is 14.8. The minimum atomic E-state index is -4.61. The van der Waals surface area contributed by atoms with Gasteiger partial charge in [-0.05, 0) is 29.8 Å². The van der Waals surface area contributed by atoms with Gasteiger partial charge in [0.05, 0.1) is 5.56 Å². The summed E-state index contributed by atoms with van der Waals surface area (Å²) in [6.07, 6.45) is -4.61. The number of hydrogen-bond acceptors (Lipinski definition) is 2. The van der Waals surface area contributed by atoms with Gasteiger partial charge in [0.25, 0.3) is 0 Å². The lowest BCUT2D eigenvalue weighted by molar-refractivity contribution is -0.138. The van der Waals surface area contributed by atoms with Crippen LogP contribution in [0.3, 0.4) is 0 Å². The molecular formula is C14H11F4NO. The number of alkyl halides is 3. The molecule has 0 unspecified atom stereocenters. The number of rotatable bonds is 3. The van der Waals surface area contributed by atoms with E-state index in [4.69, 9.17) is 10.5 Å². The van der Waals surface area contributed by atoms with Gasteiger partial charge in [-0.25, -0.2) is 4.39 Å². The maximum absolute atomic E-state index is 13.4. The third-order valence-electron chi connectivity index (χ3n) is 2.64. The summed E-state index contributed by atoms with van der Waals surface area (Å²) in [5, 5.41) is 0. The maximum atomic E-state index is 13.4. The molecular weight excluding hydrogens is 274 g/mol. The van der Waals surface area contributed by atoms with Gasteiger partial charge in [-0.15, -0.1) is 0 Å². The Morgan fingerprint density at radius 1 is 1.00 bits per heavy atom. The van der Waals surface area contributed by atoms with Crippen LogP contribution < -0.4 is 10.5 Å². The van der Waals surface area contributed by atoms with E-state index in [1.807, 2.05) is 0 Å². The molecule has 0 aliphatic carbocycles. The molecule has 0 spiro atoms. The van der Waals surface area contributed by atoms with Crippen LogP contribution in [0.5, 0.6) is 11.5 Å². The molecule has 0 bridgehead atoms. The zero-order valence-electron chi connectivity index (χ0n) is 10.2. The Balaban J connectivity index is 2.44. The zero-order valence-corrected chi connectivity index (χ0v) is 10.2. The Hall–Kier alpha value is -2.08. The summed E-state index contributed by atoms with van der Waals surface area (Å²) in [5.74, 6) is -1.46. The van der Waals surface area contributed by atoms with Gasteiger partial charge >= 0.3 is 6.18 Å². The third-order valence-corrected chi connectivity index (χ3v) is 2.64. The van der Waals surface area contributed by atoms with Crippen molar-refractivity contribution in [3.8, 4) is 11.5 Å². The second-order valence-corrected chi connectivity index (χ2v) is 4.06. The Morgan fingerprint density at radius 3 is 2.30 bits per heavy atom. The quantitative estimate of drug-likeness (QED) is 0.862. The van der Waals surface area contributed by atoms with Gasteiger partial charge in [-0.1, -0.05) is 18.2 Å². The van der Waals surface area contributed by atoms with E-state index in [0.29, 0.717) is 5.56 Å². The van der Waals surface area contributed by atoms with E-state index >= 15 is 0 Å². The summed E-state index contributed by atoms with van der Waals surface area (Å²) < 4.78 is 57.3. The van der Waals surface area contributed by atoms with Crippen molar-refractivity contribution in [3.05, 3.63) is 59.4 Å². The van der Waals surface area contributed by atoms with Gasteiger partial charge in [0.2, 0.25) is 0 Å². The molecule has 0 aliphatic heterocycles. The summed E-state index contributed by atoms with van der Waals surface area (Å²) >= 11 is 0. The van der Waals surface area contributed by atoms with E-state index in [2.05, 4.69) is 0 Å². The fourth-order valence-corrected chi connectivity index (χ4v) is 1.66. The Labute approximate surface area is 112 Å². The van der Waals surface area contributed by atoms with Crippen LogP contribution in [-0.4, -0.2) is 0 Å². The first kappa shape index (κ1) is 14.3. The molecule has 2 N–H and O–H groups in total. The molecule has 2 rings (SSSR count). The second kappa shape index (κ2) is 5.50. The molecule has 0 saturated heterocycles. The van der Waals surface area contributed by atoms with Gasteiger partial charge in [-0.3, -0.25) is 0 Å². The van der Waals surface area contributed by atoms with Crippen LogP contribution in [0.25, 0.3) is 0 Å². The van der Waals surface area contributed by atoms with Crippen molar-refractivity contribution in [2.45, 2.75) is 12.7 Å². The van der Waals surface area contributed by atoms with Gasteiger partial charge in [-0.2, -0.15) is 13.2 Å². The van der Waals surface area contributed by atoms with Crippen LogP contribution in [-0.2, 0) is 12.7 Å². The van der Waals surface area contributed by atoms with E-state index in [-0.39, 0.29) is 12.3 Å². The average molecular weight is 285 g/mol. The molecule has 2 aromatic carbocycles. The van der Waals surface area contributed by atoms with E-state index in [9.17, 15) is 17.6 Å². The molecule has 0 atom stereocenters. The van der Waals surface area contributed by atoms with Crippen LogP contribution in [0.1, 0.15) is 11.1 Å². The van der Waals surface area contributed by atoms with Crippen molar-refractivity contribution in [1.82, 2.24) is 0 Å². The average Bonchev–Trinajstić information content (AvgIpc) is 2.40. The second-order valence-electron chi connectivity index (χ2n) is 4.06. The van der Waals surface area contributed by atoms with Crippen LogP contribution in [0.15, 0.2) is 42.5 Å². The standard InChI is InChI=1S/C14H11F4NO/c15-11-3-1-2-4-13(11)20-12-6-5-9(8-19)7-10(12)14(16,17)18/h1-7H,8,19H2. The molecule has 0 aromatic heterocycles. The highest BCUT2D eigenvalue weighted by atomic mass is 19.4. The monoisotopic (exact) mass is 285 g/mol. The van der Waals surface area contributed by atoms with E-state index < -0.39 is 23.3 Å². The lowest BCUT2D eigenvalue weighted by atomic mass is 10.1. The molecule has 0 amide bonds. The highest BCUT2D eigenvalue weighted by Gasteiger charge is 2.35. The summed E-state index contributed by atoms with van der Waals surface area (Å²) in [5.41, 5.74) is 4.66. The van der Waals surface area contributed by atoms with E-state index in [1.165, 1.54) is 24.3 Å². The highest BCUT2D eigenvalue weighted by Crippen LogP contribution is 2.39. The topological polar surface area (TPSA) is 35.2 Å². The fourth-order valence-electron chi connectivity index (χ4n) is 1.66. The third kappa shape index (κ3) is 3.08. The van der Waals surface area contributed by atoms with E-state index in [1.54, 1.807) is 0 Å². The van der Waals surface area contributed by atoms with Crippen molar-refractivity contribution < 1.29 is 22.3 Å². The lowest BCUT2D eigenvalue weighted by Crippen LogP contribution is -2.09. The van der Waals surface area contributed by atoms with Crippen LogP contribution in [0.2, 0.25) is 0 Å². The summed E-state index contributed by atoms with van der Waals surface area (Å²) in [7, 11) is 0. The van der Waals surface area contributed by atoms with Crippen molar-refractivity contribution in [2.24, 2.45) is 5.73 Å². The smallest absolute Gasteiger partial charge is 0.419 e. The number of para-hydroxylation sites is 1. The highest BCUT2D eigenvalue weighted by molar-refractivity contribution is 5.42. The predicted molar refractivity (Wildman–Crippen MR) is 65.8 cm³/mol.